The molecule has 26 heavy (non-hydrogen) atoms. The lowest BCUT2D eigenvalue weighted by Gasteiger charge is -2.43. The van der Waals surface area contributed by atoms with Gasteiger partial charge in [0.25, 0.3) is 5.91 Å². The zero-order chi connectivity index (χ0) is 18.6. The molecule has 1 aliphatic heterocycles. The topological polar surface area (TPSA) is 20.3 Å². The number of hydrogen-bond acceptors (Lipinski definition) is 4. The van der Waals surface area contributed by atoms with Gasteiger partial charge in [0.05, 0.1) is 26.7 Å². The van der Waals surface area contributed by atoms with Gasteiger partial charge in [-0.1, -0.05) is 74.3 Å². The SMILES string of the molecule is CC1(C)c2ssc(=S)c2-c2ccccc2N1C(=O)c1ccc(Cl)cc1Cl. The molecule has 2 heterocycles. The van der Waals surface area contributed by atoms with E-state index >= 15 is 0 Å². The van der Waals surface area contributed by atoms with E-state index in [4.69, 9.17) is 35.4 Å². The van der Waals surface area contributed by atoms with Crippen LogP contribution in [0.3, 0.4) is 0 Å². The molecule has 0 radical (unpaired) electrons. The largest absolute Gasteiger partial charge is 0.297 e. The van der Waals surface area contributed by atoms with E-state index < -0.39 is 5.54 Å². The van der Waals surface area contributed by atoms with Crippen molar-refractivity contribution >= 4 is 67.7 Å². The van der Waals surface area contributed by atoms with Gasteiger partial charge in [0.1, 0.15) is 3.82 Å². The number of carbonyl (C=O) groups excluding carboxylic acids is 1. The van der Waals surface area contributed by atoms with E-state index in [1.54, 1.807) is 38.9 Å². The molecule has 0 saturated heterocycles. The summed E-state index contributed by atoms with van der Waals surface area (Å²) in [7, 11) is 3.21. The number of carbonyl (C=O) groups is 1. The van der Waals surface area contributed by atoms with E-state index in [2.05, 4.69) is 0 Å². The van der Waals surface area contributed by atoms with Crippen molar-refractivity contribution in [2.24, 2.45) is 0 Å². The normalized spacial score (nSPS) is 14.7. The smallest absolute Gasteiger partial charge is 0.260 e. The fourth-order valence-electron chi connectivity index (χ4n) is 3.33. The standard InChI is InChI=1S/C19H13Cl2NOS3/c1-19(2)16-15(18(24)26-25-16)12-5-3-4-6-14(12)22(19)17(23)11-8-7-10(20)9-13(11)21/h3-9H,1-2H3. The van der Waals surface area contributed by atoms with Gasteiger partial charge in [-0.05, 0) is 38.1 Å². The maximum absolute atomic E-state index is 13.5. The molecule has 0 atom stereocenters. The van der Waals surface area contributed by atoms with Gasteiger partial charge < -0.3 is 0 Å². The number of halogens is 2. The van der Waals surface area contributed by atoms with Gasteiger partial charge in [0, 0.05) is 16.1 Å². The summed E-state index contributed by atoms with van der Waals surface area (Å²) in [5.74, 6) is -0.154. The summed E-state index contributed by atoms with van der Waals surface area (Å²) in [5, 5.41) is 0.850. The number of anilines is 1. The fourth-order valence-corrected chi connectivity index (χ4v) is 7.10. The van der Waals surface area contributed by atoms with Gasteiger partial charge in [-0.15, -0.1) is 0 Å². The highest BCUT2D eigenvalue weighted by Gasteiger charge is 2.43. The number of rotatable bonds is 1. The summed E-state index contributed by atoms with van der Waals surface area (Å²) in [6.07, 6.45) is 0. The van der Waals surface area contributed by atoms with Gasteiger partial charge >= 0.3 is 0 Å². The molecule has 1 amide bonds. The summed E-state index contributed by atoms with van der Waals surface area (Å²) < 4.78 is 0.863. The predicted molar refractivity (Wildman–Crippen MR) is 115 cm³/mol. The lowest BCUT2D eigenvalue weighted by atomic mass is 9.87. The summed E-state index contributed by atoms with van der Waals surface area (Å²) in [5.41, 5.74) is 2.80. The van der Waals surface area contributed by atoms with Crippen LogP contribution in [0.15, 0.2) is 42.5 Å². The number of amides is 1. The second-order valence-electron chi connectivity index (χ2n) is 6.50. The minimum absolute atomic E-state index is 0.154. The van der Waals surface area contributed by atoms with Crippen LogP contribution in [0.1, 0.15) is 29.1 Å². The van der Waals surface area contributed by atoms with E-state index in [0.29, 0.717) is 15.6 Å². The molecule has 1 aromatic heterocycles. The molecule has 0 fully saturated rings. The second-order valence-corrected chi connectivity index (χ2v) is 10.2. The molecule has 0 N–H and O–H groups in total. The van der Waals surface area contributed by atoms with E-state index in [1.807, 2.05) is 43.0 Å². The first-order valence-corrected chi connectivity index (χ1v) is 11.2. The third kappa shape index (κ3) is 2.65. The van der Waals surface area contributed by atoms with Crippen molar-refractivity contribution in [3.8, 4) is 11.1 Å². The van der Waals surface area contributed by atoms with Crippen LogP contribution < -0.4 is 4.90 Å². The van der Waals surface area contributed by atoms with Crippen molar-refractivity contribution < 1.29 is 4.79 Å². The third-order valence-corrected chi connectivity index (χ3v) is 8.40. The molecule has 132 valence electrons. The molecule has 0 saturated carbocycles. The zero-order valence-electron chi connectivity index (χ0n) is 13.9. The predicted octanol–water partition coefficient (Wildman–Crippen LogP) is 7.41. The highest BCUT2D eigenvalue weighted by Crippen LogP contribution is 2.52. The molecule has 0 bridgehead atoms. The van der Waals surface area contributed by atoms with Crippen molar-refractivity contribution in [1.29, 1.82) is 0 Å². The lowest BCUT2D eigenvalue weighted by Crippen LogP contribution is -2.47. The molecule has 0 unspecified atom stereocenters. The Hall–Kier alpha value is -1.24. The minimum Gasteiger partial charge on any atom is -0.297 e. The van der Waals surface area contributed by atoms with Crippen LogP contribution in [0, 0.1) is 3.82 Å². The van der Waals surface area contributed by atoms with Gasteiger partial charge in [0.2, 0.25) is 0 Å². The molecule has 2 aromatic carbocycles. The monoisotopic (exact) mass is 437 g/mol. The second kappa shape index (κ2) is 6.43. The van der Waals surface area contributed by atoms with Crippen LogP contribution in [0.5, 0.6) is 0 Å². The van der Waals surface area contributed by atoms with Crippen molar-refractivity contribution in [1.82, 2.24) is 0 Å². The number of para-hydroxylation sites is 1. The first-order chi connectivity index (χ1) is 12.3. The maximum Gasteiger partial charge on any atom is 0.260 e. The van der Waals surface area contributed by atoms with Crippen molar-refractivity contribution in [2.45, 2.75) is 19.4 Å². The highest BCUT2D eigenvalue weighted by molar-refractivity contribution is 7.80. The van der Waals surface area contributed by atoms with Crippen molar-refractivity contribution in [2.75, 3.05) is 4.90 Å². The van der Waals surface area contributed by atoms with Crippen LogP contribution in [0.25, 0.3) is 11.1 Å². The molecule has 3 aromatic rings. The van der Waals surface area contributed by atoms with Crippen LogP contribution in [0.4, 0.5) is 5.69 Å². The van der Waals surface area contributed by atoms with Crippen LogP contribution in [-0.4, -0.2) is 5.91 Å². The van der Waals surface area contributed by atoms with Gasteiger partial charge in [-0.2, -0.15) is 0 Å². The average molecular weight is 438 g/mol. The van der Waals surface area contributed by atoms with Crippen LogP contribution >= 0.6 is 56.1 Å². The van der Waals surface area contributed by atoms with E-state index in [9.17, 15) is 4.79 Å². The maximum atomic E-state index is 13.5. The number of hydrogen-bond donors (Lipinski definition) is 0. The molecule has 4 rings (SSSR count). The Balaban J connectivity index is 1.97. The number of benzene rings is 2. The fraction of sp³-hybridized carbons (Fsp3) is 0.158. The number of fused-ring (bicyclic) bond motifs is 3. The highest BCUT2D eigenvalue weighted by atomic mass is 35.5. The van der Waals surface area contributed by atoms with Gasteiger partial charge in [-0.25, -0.2) is 0 Å². The molecule has 0 aliphatic carbocycles. The molecule has 1 aliphatic rings. The molecular formula is C19H13Cl2NOS3. The average Bonchev–Trinajstić information content (AvgIpc) is 2.97. The number of nitrogens with zero attached hydrogens (tertiary/aromatic N) is 1. The van der Waals surface area contributed by atoms with E-state index in [1.165, 1.54) is 0 Å². The van der Waals surface area contributed by atoms with E-state index in [0.717, 1.165) is 25.5 Å². The van der Waals surface area contributed by atoms with Crippen molar-refractivity contribution in [3.63, 3.8) is 0 Å². The summed E-state index contributed by atoms with van der Waals surface area (Å²) >= 11 is 17.9. The zero-order valence-corrected chi connectivity index (χ0v) is 17.8. The Morgan fingerprint density at radius 3 is 2.58 bits per heavy atom. The third-order valence-electron chi connectivity index (χ3n) is 4.53. The Morgan fingerprint density at radius 1 is 1.12 bits per heavy atom. The van der Waals surface area contributed by atoms with E-state index in [-0.39, 0.29) is 5.91 Å². The molecule has 2 nitrogen and oxygen atoms in total. The first kappa shape index (κ1) is 18.1. The van der Waals surface area contributed by atoms with Gasteiger partial charge in [0.15, 0.2) is 0 Å². The van der Waals surface area contributed by atoms with Gasteiger partial charge in [-0.3, -0.25) is 9.69 Å². The summed E-state index contributed by atoms with van der Waals surface area (Å²) in [4.78, 5) is 16.4. The molecule has 0 spiro atoms. The Bertz CT molecular complexity index is 1100. The Labute approximate surface area is 174 Å². The minimum atomic E-state index is -0.540. The van der Waals surface area contributed by atoms with Crippen molar-refractivity contribution in [3.05, 3.63) is 66.8 Å². The van der Waals surface area contributed by atoms with Crippen LogP contribution in [-0.2, 0) is 5.54 Å². The quantitative estimate of drug-likeness (QED) is 0.291. The molecule has 7 heteroatoms. The lowest BCUT2D eigenvalue weighted by molar-refractivity contribution is 0.0962. The Kier molecular flexibility index (Phi) is 4.48. The van der Waals surface area contributed by atoms with Crippen LogP contribution in [0.2, 0.25) is 10.0 Å². The molecular weight excluding hydrogens is 425 g/mol. The Morgan fingerprint density at radius 2 is 1.85 bits per heavy atom. The first-order valence-electron chi connectivity index (χ1n) is 7.85. The summed E-state index contributed by atoms with van der Waals surface area (Å²) in [6, 6.07) is 12.8. The summed E-state index contributed by atoms with van der Waals surface area (Å²) in [6.45, 7) is 4.09.